The van der Waals surface area contributed by atoms with E-state index < -0.39 is 9.84 Å². The number of thiophene rings is 1. The van der Waals surface area contributed by atoms with Crippen molar-refractivity contribution in [2.45, 2.75) is 25.7 Å². The summed E-state index contributed by atoms with van der Waals surface area (Å²) in [7, 11) is -3.29. The van der Waals surface area contributed by atoms with Gasteiger partial charge in [0, 0.05) is 0 Å². The zero-order valence-corrected chi connectivity index (χ0v) is 12.3. The van der Waals surface area contributed by atoms with E-state index in [1.165, 1.54) is 0 Å². The summed E-state index contributed by atoms with van der Waals surface area (Å²) >= 11 is 6.86. The van der Waals surface area contributed by atoms with Gasteiger partial charge in [0.2, 0.25) is 0 Å². The second-order valence-electron chi connectivity index (χ2n) is 4.73. The predicted octanol–water partition coefficient (Wildman–Crippen LogP) is 3.19. The highest BCUT2D eigenvalue weighted by molar-refractivity contribution is 7.92. The van der Waals surface area contributed by atoms with Gasteiger partial charge in [-0.2, -0.15) is 0 Å². The lowest BCUT2D eigenvalue weighted by Gasteiger charge is -2.08. The molecule has 1 aliphatic rings. The fourth-order valence-corrected chi connectivity index (χ4v) is 5.13. The Kier molecular flexibility index (Phi) is 4.45. The maximum absolute atomic E-state index is 11.9. The van der Waals surface area contributed by atoms with Crippen LogP contribution in [-0.2, 0) is 9.84 Å². The lowest BCUT2D eigenvalue weighted by molar-refractivity contribution is 0.102. The minimum Gasteiger partial charge on any atom is -0.292 e. The highest BCUT2D eigenvalue weighted by atomic mass is 35.5. The SMILES string of the molecule is O=C(CS(=O)(=O)CC1CCCC1)c1ccc(Cl)s1. The van der Waals surface area contributed by atoms with Gasteiger partial charge in [0.25, 0.3) is 0 Å². The van der Waals surface area contributed by atoms with Crippen LogP contribution in [0.3, 0.4) is 0 Å². The molecule has 2 rings (SSSR count). The molecule has 3 nitrogen and oxygen atoms in total. The molecule has 0 N–H and O–H groups in total. The van der Waals surface area contributed by atoms with Crippen LogP contribution in [0, 0.1) is 5.92 Å². The summed E-state index contributed by atoms with van der Waals surface area (Å²) in [5.41, 5.74) is 0. The largest absolute Gasteiger partial charge is 0.292 e. The van der Waals surface area contributed by atoms with Crippen molar-refractivity contribution in [3.05, 3.63) is 21.3 Å². The first-order chi connectivity index (χ1) is 8.46. The normalized spacial score (nSPS) is 17.2. The van der Waals surface area contributed by atoms with Crippen molar-refractivity contribution >= 4 is 38.6 Å². The molecule has 0 radical (unpaired) electrons. The van der Waals surface area contributed by atoms with Crippen molar-refractivity contribution < 1.29 is 13.2 Å². The molecule has 1 aromatic rings. The topological polar surface area (TPSA) is 51.2 Å². The highest BCUT2D eigenvalue weighted by Crippen LogP contribution is 2.27. The number of carbonyl (C=O) groups excluding carboxylic acids is 1. The van der Waals surface area contributed by atoms with E-state index in [0.717, 1.165) is 37.0 Å². The first kappa shape index (κ1) is 14.0. The Bertz CT molecular complexity index is 527. The number of Topliss-reactive ketones (excluding diaryl/α,β-unsaturated/α-hetero) is 1. The summed E-state index contributed by atoms with van der Waals surface area (Å²) in [6.45, 7) is 0. The van der Waals surface area contributed by atoms with E-state index in [1.54, 1.807) is 12.1 Å². The third-order valence-electron chi connectivity index (χ3n) is 3.16. The lowest BCUT2D eigenvalue weighted by atomic mass is 10.1. The smallest absolute Gasteiger partial charge is 0.187 e. The number of hydrogen-bond acceptors (Lipinski definition) is 4. The van der Waals surface area contributed by atoms with Gasteiger partial charge in [0.1, 0.15) is 5.75 Å². The van der Waals surface area contributed by atoms with Crippen LogP contribution in [0.1, 0.15) is 35.4 Å². The van der Waals surface area contributed by atoms with Gasteiger partial charge in [-0.25, -0.2) is 8.42 Å². The molecule has 1 saturated carbocycles. The van der Waals surface area contributed by atoms with E-state index in [-0.39, 0.29) is 23.2 Å². The van der Waals surface area contributed by atoms with Gasteiger partial charge < -0.3 is 0 Å². The summed E-state index contributed by atoms with van der Waals surface area (Å²) < 4.78 is 24.4. The summed E-state index contributed by atoms with van der Waals surface area (Å²) in [5.74, 6) is -0.335. The zero-order valence-electron chi connectivity index (χ0n) is 9.89. The lowest BCUT2D eigenvalue weighted by Crippen LogP contribution is -2.22. The molecule has 1 fully saturated rings. The van der Waals surface area contributed by atoms with E-state index in [9.17, 15) is 13.2 Å². The summed E-state index contributed by atoms with van der Waals surface area (Å²) in [4.78, 5) is 12.2. The number of sulfone groups is 1. The van der Waals surface area contributed by atoms with Crippen molar-refractivity contribution in [1.82, 2.24) is 0 Å². The van der Waals surface area contributed by atoms with Crippen molar-refractivity contribution in [1.29, 1.82) is 0 Å². The molecule has 0 saturated heterocycles. The highest BCUT2D eigenvalue weighted by Gasteiger charge is 2.25. The third-order valence-corrected chi connectivity index (χ3v) is 6.12. The standard InChI is InChI=1S/C12H15ClO3S2/c13-12-6-5-11(17-12)10(14)8-18(15,16)7-9-3-1-2-4-9/h5-6,9H,1-4,7-8H2. The van der Waals surface area contributed by atoms with E-state index in [1.807, 2.05) is 0 Å². The Morgan fingerprint density at radius 2 is 2.00 bits per heavy atom. The second kappa shape index (κ2) is 5.72. The second-order valence-corrected chi connectivity index (χ2v) is 8.56. The van der Waals surface area contributed by atoms with Gasteiger partial charge in [-0.3, -0.25) is 4.79 Å². The van der Waals surface area contributed by atoms with Gasteiger partial charge >= 0.3 is 0 Å². The van der Waals surface area contributed by atoms with Crippen LogP contribution >= 0.6 is 22.9 Å². The minimum atomic E-state index is -3.29. The Morgan fingerprint density at radius 3 is 2.56 bits per heavy atom. The number of hydrogen-bond donors (Lipinski definition) is 0. The molecule has 1 aromatic heterocycles. The maximum Gasteiger partial charge on any atom is 0.187 e. The first-order valence-corrected chi connectivity index (χ1v) is 8.97. The molecule has 1 aliphatic carbocycles. The molecule has 0 amide bonds. The van der Waals surface area contributed by atoms with Crippen molar-refractivity contribution in [2.24, 2.45) is 5.92 Å². The Labute approximate surface area is 116 Å². The molecule has 0 atom stereocenters. The van der Waals surface area contributed by atoms with Gasteiger partial charge in [0.05, 0.1) is 15.0 Å². The van der Waals surface area contributed by atoms with Gasteiger partial charge in [0.15, 0.2) is 15.6 Å². The van der Waals surface area contributed by atoms with E-state index in [2.05, 4.69) is 0 Å². The van der Waals surface area contributed by atoms with Gasteiger partial charge in [-0.05, 0) is 30.9 Å². The van der Waals surface area contributed by atoms with Crippen LogP contribution in [0.5, 0.6) is 0 Å². The molecule has 0 aromatic carbocycles. The van der Waals surface area contributed by atoms with Gasteiger partial charge in [-0.15, -0.1) is 11.3 Å². The fourth-order valence-electron chi connectivity index (χ4n) is 2.33. The van der Waals surface area contributed by atoms with Crippen molar-refractivity contribution in [3.8, 4) is 0 Å². The molecule has 0 aliphatic heterocycles. The molecule has 1 heterocycles. The van der Waals surface area contributed by atoms with Crippen LogP contribution < -0.4 is 0 Å². The van der Waals surface area contributed by atoms with Crippen LogP contribution in [0.25, 0.3) is 0 Å². The quantitative estimate of drug-likeness (QED) is 0.785. The fraction of sp³-hybridized carbons (Fsp3) is 0.583. The molecule has 6 heteroatoms. The van der Waals surface area contributed by atoms with Crippen LogP contribution in [0.2, 0.25) is 4.34 Å². The third kappa shape index (κ3) is 3.80. The molecule has 18 heavy (non-hydrogen) atoms. The number of halogens is 1. The average Bonchev–Trinajstić information content (AvgIpc) is 2.87. The Balaban J connectivity index is 1.97. The first-order valence-electron chi connectivity index (χ1n) is 5.95. The number of carbonyl (C=O) groups is 1. The minimum absolute atomic E-state index is 0.151. The van der Waals surface area contributed by atoms with E-state index in [4.69, 9.17) is 11.6 Å². The van der Waals surface area contributed by atoms with Crippen molar-refractivity contribution in [3.63, 3.8) is 0 Å². The molecule has 0 spiro atoms. The number of rotatable bonds is 5. The van der Waals surface area contributed by atoms with Crippen LogP contribution in [0.4, 0.5) is 0 Å². The van der Waals surface area contributed by atoms with Crippen molar-refractivity contribution in [2.75, 3.05) is 11.5 Å². The zero-order chi connectivity index (χ0) is 13.2. The average molecular weight is 307 g/mol. The maximum atomic E-state index is 11.9. The molecular weight excluding hydrogens is 292 g/mol. The molecular formula is C12H15ClO3S2. The van der Waals surface area contributed by atoms with Crippen LogP contribution in [-0.4, -0.2) is 25.7 Å². The van der Waals surface area contributed by atoms with Gasteiger partial charge in [-0.1, -0.05) is 24.4 Å². The molecule has 100 valence electrons. The van der Waals surface area contributed by atoms with E-state index in [0.29, 0.717) is 9.21 Å². The Hall–Kier alpha value is -0.390. The summed E-state index contributed by atoms with van der Waals surface area (Å²) in [6, 6.07) is 3.20. The van der Waals surface area contributed by atoms with Crippen LogP contribution in [0.15, 0.2) is 12.1 Å². The summed E-state index contributed by atoms with van der Waals surface area (Å²) in [6.07, 6.45) is 4.15. The molecule has 0 bridgehead atoms. The monoisotopic (exact) mass is 306 g/mol. The number of ketones is 1. The predicted molar refractivity (Wildman–Crippen MR) is 74.3 cm³/mol. The van der Waals surface area contributed by atoms with E-state index >= 15 is 0 Å². The summed E-state index contributed by atoms with van der Waals surface area (Å²) in [5, 5.41) is 0. The molecule has 0 unspecified atom stereocenters. The Morgan fingerprint density at radius 1 is 1.33 bits per heavy atom.